The molecule has 1 heterocycles. The molecule has 0 atom stereocenters. The fourth-order valence-electron chi connectivity index (χ4n) is 3.32. The number of anilines is 1. The number of halogens is 1. The fraction of sp³-hybridized carbons (Fsp3) is 0.308. The predicted molar refractivity (Wildman–Crippen MR) is 128 cm³/mol. The SMILES string of the molecule is CCOC(=O)c1c(-c2ccc(F)cc2)csc1NC(=O)CCc1ccc(C(C)(C)C)cc1. The second kappa shape index (κ2) is 10.1. The zero-order valence-electron chi connectivity index (χ0n) is 18.8. The van der Waals surface area contributed by atoms with Crippen LogP contribution in [0.2, 0.25) is 0 Å². The van der Waals surface area contributed by atoms with Crippen molar-refractivity contribution in [1.29, 1.82) is 0 Å². The molecule has 168 valence electrons. The Morgan fingerprint density at radius 2 is 1.69 bits per heavy atom. The van der Waals surface area contributed by atoms with Gasteiger partial charge in [0.2, 0.25) is 5.91 Å². The molecule has 0 unspecified atom stereocenters. The van der Waals surface area contributed by atoms with E-state index < -0.39 is 5.97 Å². The first-order valence-corrected chi connectivity index (χ1v) is 11.5. The van der Waals surface area contributed by atoms with Crippen molar-refractivity contribution in [3.8, 4) is 11.1 Å². The van der Waals surface area contributed by atoms with Crippen LogP contribution in [0.3, 0.4) is 0 Å². The third kappa shape index (κ3) is 5.82. The average Bonchev–Trinajstić information content (AvgIpc) is 3.16. The summed E-state index contributed by atoms with van der Waals surface area (Å²) in [6.45, 7) is 8.44. The van der Waals surface area contributed by atoms with Crippen molar-refractivity contribution in [3.05, 3.63) is 76.4 Å². The minimum absolute atomic E-state index is 0.0841. The number of aryl methyl sites for hydroxylation is 1. The number of amides is 1. The molecule has 6 heteroatoms. The molecular formula is C26H28FNO3S. The van der Waals surface area contributed by atoms with E-state index in [0.29, 0.717) is 34.5 Å². The number of esters is 1. The van der Waals surface area contributed by atoms with Gasteiger partial charge >= 0.3 is 5.97 Å². The van der Waals surface area contributed by atoms with Crippen LogP contribution in [-0.2, 0) is 21.4 Å². The molecule has 0 aliphatic rings. The van der Waals surface area contributed by atoms with Gasteiger partial charge < -0.3 is 10.1 Å². The molecule has 0 saturated heterocycles. The summed E-state index contributed by atoms with van der Waals surface area (Å²) in [6.07, 6.45) is 0.891. The summed E-state index contributed by atoms with van der Waals surface area (Å²) in [5.74, 6) is -1.05. The molecule has 1 amide bonds. The first-order valence-electron chi connectivity index (χ1n) is 10.6. The maximum atomic E-state index is 13.3. The molecule has 3 aromatic rings. The lowest BCUT2D eigenvalue weighted by Crippen LogP contribution is -2.15. The molecule has 0 radical (unpaired) electrons. The van der Waals surface area contributed by atoms with Crippen molar-refractivity contribution in [2.24, 2.45) is 0 Å². The summed E-state index contributed by atoms with van der Waals surface area (Å²) in [6, 6.07) is 14.2. The van der Waals surface area contributed by atoms with E-state index in [-0.39, 0.29) is 23.7 Å². The van der Waals surface area contributed by atoms with E-state index in [9.17, 15) is 14.0 Å². The Kier molecular flexibility index (Phi) is 7.46. The van der Waals surface area contributed by atoms with Crippen LogP contribution in [0.1, 0.15) is 55.6 Å². The second-order valence-corrected chi connectivity index (χ2v) is 9.46. The quantitative estimate of drug-likeness (QED) is 0.410. The van der Waals surface area contributed by atoms with Crippen LogP contribution in [0.4, 0.5) is 9.39 Å². The highest BCUT2D eigenvalue weighted by Gasteiger charge is 2.23. The number of carbonyl (C=O) groups excluding carboxylic acids is 2. The molecular weight excluding hydrogens is 425 g/mol. The minimum atomic E-state index is -0.513. The number of carbonyl (C=O) groups is 2. The van der Waals surface area contributed by atoms with Crippen molar-refractivity contribution in [3.63, 3.8) is 0 Å². The molecule has 0 bridgehead atoms. The summed E-state index contributed by atoms with van der Waals surface area (Å²) in [5, 5.41) is 5.08. The highest BCUT2D eigenvalue weighted by Crippen LogP contribution is 2.36. The van der Waals surface area contributed by atoms with Crippen molar-refractivity contribution in [2.75, 3.05) is 11.9 Å². The van der Waals surface area contributed by atoms with Gasteiger partial charge in [-0.15, -0.1) is 11.3 Å². The Labute approximate surface area is 192 Å². The molecule has 1 N–H and O–H groups in total. The van der Waals surface area contributed by atoms with Crippen LogP contribution >= 0.6 is 11.3 Å². The molecule has 0 saturated carbocycles. The lowest BCUT2D eigenvalue weighted by Gasteiger charge is -2.19. The number of ether oxygens (including phenoxy) is 1. The molecule has 1 aromatic heterocycles. The number of thiophene rings is 1. The van der Waals surface area contributed by atoms with Crippen LogP contribution < -0.4 is 5.32 Å². The summed E-state index contributed by atoms with van der Waals surface area (Å²) in [4.78, 5) is 25.2. The van der Waals surface area contributed by atoms with Gasteiger partial charge in [-0.2, -0.15) is 0 Å². The van der Waals surface area contributed by atoms with Crippen molar-refractivity contribution >= 4 is 28.2 Å². The van der Waals surface area contributed by atoms with Crippen molar-refractivity contribution in [1.82, 2.24) is 0 Å². The van der Waals surface area contributed by atoms with Gasteiger partial charge in [-0.3, -0.25) is 4.79 Å². The van der Waals surface area contributed by atoms with Gasteiger partial charge in [0, 0.05) is 17.4 Å². The van der Waals surface area contributed by atoms with Gasteiger partial charge in [-0.1, -0.05) is 57.2 Å². The average molecular weight is 454 g/mol. The first-order chi connectivity index (χ1) is 15.2. The Morgan fingerprint density at radius 3 is 2.28 bits per heavy atom. The Bertz CT molecular complexity index is 1080. The lowest BCUT2D eigenvalue weighted by atomic mass is 9.86. The zero-order valence-corrected chi connectivity index (χ0v) is 19.6. The number of benzene rings is 2. The van der Waals surface area contributed by atoms with Crippen molar-refractivity contribution in [2.45, 2.75) is 46.0 Å². The monoisotopic (exact) mass is 453 g/mol. The van der Waals surface area contributed by atoms with E-state index in [0.717, 1.165) is 5.56 Å². The van der Waals surface area contributed by atoms with E-state index >= 15 is 0 Å². The van der Waals surface area contributed by atoms with Crippen LogP contribution in [-0.4, -0.2) is 18.5 Å². The van der Waals surface area contributed by atoms with Gasteiger partial charge in [0.15, 0.2) is 0 Å². The van der Waals surface area contributed by atoms with Crippen LogP contribution in [0.5, 0.6) is 0 Å². The van der Waals surface area contributed by atoms with Gasteiger partial charge in [-0.05, 0) is 47.6 Å². The van der Waals surface area contributed by atoms with Crippen molar-refractivity contribution < 1.29 is 18.7 Å². The second-order valence-electron chi connectivity index (χ2n) is 8.58. The Hall–Kier alpha value is -2.99. The number of rotatable bonds is 7. The molecule has 3 rings (SSSR count). The molecule has 0 aliphatic carbocycles. The standard InChI is InChI=1S/C26H28FNO3S/c1-5-31-25(30)23-21(18-9-13-20(27)14-10-18)16-32-24(23)28-22(29)15-8-17-6-11-19(12-7-17)26(2,3)4/h6-7,9-14,16H,5,8,15H2,1-4H3,(H,28,29). The highest BCUT2D eigenvalue weighted by atomic mass is 32.1. The summed E-state index contributed by atoms with van der Waals surface area (Å²) in [7, 11) is 0. The molecule has 0 fully saturated rings. The highest BCUT2D eigenvalue weighted by molar-refractivity contribution is 7.15. The topological polar surface area (TPSA) is 55.4 Å². The van der Waals surface area contributed by atoms with Gasteiger partial charge in [0.25, 0.3) is 0 Å². The minimum Gasteiger partial charge on any atom is -0.462 e. The molecule has 2 aromatic carbocycles. The third-order valence-corrected chi connectivity index (χ3v) is 6.03. The maximum absolute atomic E-state index is 13.3. The van der Waals surface area contributed by atoms with Crippen LogP contribution in [0, 0.1) is 5.82 Å². The van der Waals surface area contributed by atoms with Gasteiger partial charge in [-0.25, -0.2) is 9.18 Å². The number of hydrogen-bond donors (Lipinski definition) is 1. The van der Waals surface area contributed by atoms with Crippen LogP contribution in [0.25, 0.3) is 11.1 Å². The fourth-order valence-corrected chi connectivity index (χ4v) is 4.29. The molecule has 32 heavy (non-hydrogen) atoms. The smallest absolute Gasteiger partial charge is 0.341 e. The summed E-state index contributed by atoms with van der Waals surface area (Å²) >= 11 is 1.26. The largest absolute Gasteiger partial charge is 0.462 e. The Morgan fingerprint density at radius 1 is 1.03 bits per heavy atom. The van der Waals surface area contributed by atoms with Crippen LogP contribution in [0.15, 0.2) is 53.9 Å². The molecule has 0 spiro atoms. The van der Waals surface area contributed by atoms with E-state index in [1.165, 1.54) is 29.0 Å². The molecule has 0 aliphatic heterocycles. The third-order valence-electron chi connectivity index (χ3n) is 5.14. The van der Waals surface area contributed by atoms with Gasteiger partial charge in [0.05, 0.1) is 6.61 Å². The maximum Gasteiger partial charge on any atom is 0.341 e. The predicted octanol–water partition coefficient (Wildman–Crippen LogP) is 6.60. The van der Waals surface area contributed by atoms with E-state index in [4.69, 9.17) is 4.74 Å². The number of nitrogens with one attached hydrogen (secondary N) is 1. The van der Waals surface area contributed by atoms with E-state index in [1.807, 2.05) is 0 Å². The molecule has 4 nitrogen and oxygen atoms in total. The van der Waals surface area contributed by atoms with Gasteiger partial charge in [0.1, 0.15) is 16.4 Å². The normalized spacial score (nSPS) is 11.3. The van der Waals surface area contributed by atoms with E-state index in [2.05, 4.69) is 50.4 Å². The van der Waals surface area contributed by atoms with E-state index in [1.54, 1.807) is 24.4 Å². The Balaban J connectivity index is 1.74. The summed E-state index contributed by atoms with van der Waals surface area (Å²) in [5.41, 5.74) is 4.01. The zero-order chi connectivity index (χ0) is 23.3. The first kappa shape index (κ1) is 23.7. The number of hydrogen-bond acceptors (Lipinski definition) is 4. The summed E-state index contributed by atoms with van der Waals surface area (Å²) < 4.78 is 18.5. The lowest BCUT2D eigenvalue weighted by molar-refractivity contribution is -0.116.